The quantitative estimate of drug-likeness (QED) is 0.248. The highest BCUT2D eigenvalue weighted by atomic mass is 35.5. The summed E-state index contributed by atoms with van der Waals surface area (Å²) in [6.45, 7) is 4.69. The Labute approximate surface area is 255 Å². The SMILES string of the molecule is CC[C@@H](C)NC(=O)[C@@H](C)N(Cc1ccc(Cl)cc1Cl)C(=O)CN(c1cccc(Cl)c1)S(=O)(=O)c1ccc(Cl)cc1. The van der Waals surface area contributed by atoms with Gasteiger partial charge in [-0.05, 0) is 80.4 Å². The van der Waals surface area contributed by atoms with Gasteiger partial charge in [0.05, 0.1) is 10.6 Å². The Kier molecular flexibility index (Phi) is 11.1. The number of sulfonamides is 1. The fraction of sp³-hybridized carbons (Fsp3) is 0.286. The average Bonchev–Trinajstić information content (AvgIpc) is 2.90. The van der Waals surface area contributed by atoms with Crippen molar-refractivity contribution in [2.75, 3.05) is 10.8 Å². The average molecular weight is 645 g/mol. The monoisotopic (exact) mass is 643 g/mol. The lowest BCUT2D eigenvalue weighted by Gasteiger charge is -2.32. The molecule has 0 fully saturated rings. The first-order chi connectivity index (χ1) is 18.8. The zero-order valence-electron chi connectivity index (χ0n) is 22.1. The van der Waals surface area contributed by atoms with Crippen molar-refractivity contribution in [1.29, 1.82) is 0 Å². The molecule has 1 N–H and O–H groups in total. The van der Waals surface area contributed by atoms with E-state index in [4.69, 9.17) is 46.4 Å². The van der Waals surface area contributed by atoms with Crippen LogP contribution in [-0.4, -0.2) is 43.8 Å². The van der Waals surface area contributed by atoms with Gasteiger partial charge in [0.2, 0.25) is 11.8 Å². The number of hydrogen-bond acceptors (Lipinski definition) is 4. The van der Waals surface area contributed by atoms with E-state index in [1.807, 2.05) is 13.8 Å². The maximum absolute atomic E-state index is 13.9. The molecule has 0 heterocycles. The summed E-state index contributed by atoms with van der Waals surface area (Å²) in [6.07, 6.45) is 0.692. The summed E-state index contributed by atoms with van der Waals surface area (Å²) < 4.78 is 28.6. The molecule has 0 aliphatic heterocycles. The van der Waals surface area contributed by atoms with Crippen LogP contribution in [-0.2, 0) is 26.2 Å². The van der Waals surface area contributed by atoms with E-state index >= 15 is 0 Å². The van der Waals surface area contributed by atoms with Crippen molar-refractivity contribution < 1.29 is 18.0 Å². The van der Waals surface area contributed by atoms with Crippen molar-refractivity contribution in [3.05, 3.63) is 92.4 Å². The number of amides is 2. The number of halogens is 4. The molecular weight excluding hydrogens is 616 g/mol. The molecule has 12 heteroatoms. The molecule has 0 aliphatic carbocycles. The normalized spacial score (nSPS) is 12.9. The highest BCUT2D eigenvalue weighted by molar-refractivity contribution is 7.92. The molecule has 0 bridgehead atoms. The van der Waals surface area contributed by atoms with E-state index < -0.39 is 28.5 Å². The van der Waals surface area contributed by atoms with Gasteiger partial charge in [0, 0.05) is 32.7 Å². The summed E-state index contributed by atoms with van der Waals surface area (Å²) in [7, 11) is -4.25. The number of nitrogens with one attached hydrogen (secondary N) is 1. The Morgan fingerprint density at radius 3 is 2.10 bits per heavy atom. The Balaban J connectivity index is 2.05. The minimum absolute atomic E-state index is 0.0612. The van der Waals surface area contributed by atoms with Crippen LogP contribution >= 0.6 is 46.4 Å². The van der Waals surface area contributed by atoms with Crippen LogP contribution in [0.1, 0.15) is 32.8 Å². The lowest BCUT2D eigenvalue weighted by molar-refractivity contribution is -0.139. The largest absolute Gasteiger partial charge is 0.352 e. The summed E-state index contributed by atoms with van der Waals surface area (Å²) in [6, 6.07) is 15.5. The van der Waals surface area contributed by atoms with Gasteiger partial charge < -0.3 is 10.2 Å². The van der Waals surface area contributed by atoms with E-state index in [9.17, 15) is 18.0 Å². The summed E-state index contributed by atoms with van der Waals surface area (Å²) in [5.74, 6) is -1.02. The number of nitrogens with zero attached hydrogens (tertiary/aromatic N) is 2. The summed E-state index contributed by atoms with van der Waals surface area (Å²) >= 11 is 24.6. The second-order valence-electron chi connectivity index (χ2n) is 9.20. The topological polar surface area (TPSA) is 86.8 Å². The Morgan fingerprint density at radius 2 is 1.50 bits per heavy atom. The highest BCUT2D eigenvalue weighted by Crippen LogP contribution is 2.28. The third kappa shape index (κ3) is 8.04. The van der Waals surface area contributed by atoms with Crippen LogP contribution in [0.3, 0.4) is 0 Å². The molecule has 3 aromatic carbocycles. The van der Waals surface area contributed by atoms with Gasteiger partial charge in [0.25, 0.3) is 10.0 Å². The van der Waals surface area contributed by atoms with Crippen molar-refractivity contribution in [3.63, 3.8) is 0 Å². The maximum Gasteiger partial charge on any atom is 0.264 e. The molecule has 2 atom stereocenters. The first-order valence-corrected chi connectivity index (χ1v) is 15.4. The molecule has 0 unspecified atom stereocenters. The van der Waals surface area contributed by atoms with E-state index in [0.29, 0.717) is 27.1 Å². The van der Waals surface area contributed by atoms with Crippen molar-refractivity contribution in [2.24, 2.45) is 0 Å². The van der Waals surface area contributed by atoms with Gasteiger partial charge in [-0.2, -0.15) is 0 Å². The van der Waals surface area contributed by atoms with Crippen molar-refractivity contribution in [3.8, 4) is 0 Å². The predicted molar refractivity (Wildman–Crippen MR) is 162 cm³/mol. The molecule has 3 rings (SSSR count). The van der Waals surface area contributed by atoms with Crippen LogP contribution in [0.2, 0.25) is 20.1 Å². The second kappa shape index (κ2) is 13.9. The molecule has 0 saturated carbocycles. The zero-order chi connectivity index (χ0) is 29.6. The Morgan fingerprint density at radius 1 is 0.875 bits per heavy atom. The van der Waals surface area contributed by atoms with Crippen molar-refractivity contribution >= 4 is 73.9 Å². The summed E-state index contributed by atoms with van der Waals surface area (Å²) in [4.78, 5) is 28.3. The van der Waals surface area contributed by atoms with Gasteiger partial charge in [-0.3, -0.25) is 13.9 Å². The summed E-state index contributed by atoms with van der Waals surface area (Å²) in [5, 5.41) is 4.24. The lowest BCUT2D eigenvalue weighted by Crippen LogP contribution is -2.52. The third-order valence-corrected chi connectivity index (χ3v) is 9.16. The van der Waals surface area contributed by atoms with Crippen molar-refractivity contribution in [2.45, 2.75) is 50.7 Å². The second-order valence-corrected chi connectivity index (χ2v) is 12.8. The molecule has 3 aromatic rings. The molecule has 2 amide bonds. The number of carbonyl (C=O) groups excluding carboxylic acids is 2. The maximum atomic E-state index is 13.9. The van der Waals surface area contributed by atoms with Gasteiger partial charge in [0.15, 0.2) is 0 Å². The van der Waals surface area contributed by atoms with E-state index in [1.54, 1.807) is 31.2 Å². The van der Waals surface area contributed by atoms with Gasteiger partial charge in [0.1, 0.15) is 12.6 Å². The highest BCUT2D eigenvalue weighted by Gasteiger charge is 2.33. The van der Waals surface area contributed by atoms with Gasteiger partial charge >= 0.3 is 0 Å². The van der Waals surface area contributed by atoms with Crippen LogP contribution < -0.4 is 9.62 Å². The molecule has 0 saturated heterocycles. The number of rotatable bonds is 11. The molecule has 0 radical (unpaired) electrons. The fourth-order valence-electron chi connectivity index (χ4n) is 3.78. The third-order valence-electron chi connectivity index (χ3n) is 6.30. The number of benzene rings is 3. The van der Waals surface area contributed by atoms with Gasteiger partial charge in [-0.1, -0.05) is 65.5 Å². The van der Waals surface area contributed by atoms with Gasteiger partial charge in [-0.15, -0.1) is 0 Å². The number of hydrogen-bond donors (Lipinski definition) is 1. The molecule has 214 valence electrons. The predicted octanol–water partition coefficient (Wildman–Crippen LogP) is 6.83. The van der Waals surface area contributed by atoms with Crippen LogP contribution in [0.4, 0.5) is 5.69 Å². The van der Waals surface area contributed by atoms with Crippen LogP contribution in [0, 0.1) is 0 Å². The van der Waals surface area contributed by atoms with Gasteiger partial charge in [-0.25, -0.2) is 8.42 Å². The zero-order valence-corrected chi connectivity index (χ0v) is 25.9. The lowest BCUT2D eigenvalue weighted by atomic mass is 10.1. The minimum Gasteiger partial charge on any atom is -0.352 e. The van der Waals surface area contributed by atoms with Crippen LogP contribution in [0.5, 0.6) is 0 Å². The minimum atomic E-state index is -4.25. The Hall–Kier alpha value is -2.49. The van der Waals surface area contributed by atoms with Crippen LogP contribution in [0.25, 0.3) is 0 Å². The number of carbonyl (C=O) groups is 2. The first-order valence-electron chi connectivity index (χ1n) is 12.4. The fourth-order valence-corrected chi connectivity index (χ4v) is 5.96. The molecule has 40 heavy (non-hydrogen) atoms. The smallest absolute Gasteiger partial charge is 0.264 e. The Bertz CT molecular complexity index is 1470. The van der Waals surface area contributed by atoms with E-state index in [2.05, 4.69) is 5.32 Å². The number of anilines is 1. The van der Waals surface area contributed by atoms with E-state index in [1.165, 1.54) is 47.4 Å². The van der Waals surface area contributed by atoms with E-state index in [-0.39, 0.29) is 34.1 Å². The molecule has 0 aliphatic rings. The standard InChI is InChI=1S/C28H29Cl4N3O4S/c1-4-18(2)33-28(37)19(3)34(16-20-8-9-23(31)15-26(20)32)27(36)17-35(24-7-5-6-22(30)14-24)40(38,39)25-12-10-21(29)11-13-25/h5-15,18-19H,4,16-17H2,1-3H3,(H,33,37)/t18-,19-/m1/s1. The van der Waals surface area contributed by atoms with Crippen LogP contribution in [0.15, 0.2) is 71.6 Å². The first kappa shape index (κ1) is 32.0. The molecule has 7 nitrogen and oxygen atoms in total. The van der Waals surface area contributed by atoms with E-state index in [0.717, 1.165) is 4.31 Å². The molecular formula is C28H29Cl4N3O4S. The molecule has 0 aromatic heterocycles. The summed E-state index contributed by atoms with van der Waals surface area (Å²) in [5.41, 5.74) is 0.717. The molecule has 0 spiro atoms. The van der Waals surface area contributed by atoms with Crippen molar-refractivity contribution in [1.82, 2.24) is 10.2 Å².